The van der Waals surface area contributed by atoms with E-state index >= 15 is 0 Å². The highest BCUT2D eigenvalue weighted by molar-refractivity contribution is 6.17. The SMILES string of the molecule is NNc1ccc(CCl)c(F)c1. The number of hydrazine groups is 1. The molecule has 0 bridgehead atoms. The molecule has 0 aromatic heterocycles. The molecule has 0 aliphatic rings. The Bertz CT molecular complexity index is 252. The van der Waals surface area contributed by atoms with Crippen molar-refractivity contribution in [1.82, 2.24) is 0 Å². The molecule has 4 heteroatoms. The summed E-state index contributed by atoms with van der Waals surface area (Å²) in [5, 5.41) is 0. The third-order valence-corrected chi connectivity index (χ3v) is 1.65. The Balaban J connectivity index is 2.99. The van der Waals surface area contributed by atoms with Crippen molar-refractivity contribution in [1.29, 1.82) is 0 Å². The number of halogens is 2. The molecule has 0 aliphatic carbocycles. The summed E-state index contributed by atoms with van der Waals surface area (Å²) in [5.41, 5.74) is 3.35. The van der Waals surface area contributed by atoms with Crippen LogP contribution in [0.3, 0.4) is 0 Å². The van der Waals surface area contributed by atoms with Crippen molar-refractivity contribution in [2.75, 3.05) is 5.43 Å². The minimum atomic E-state index is -0.338. The van der Waals surface area contributed by atoms with Gasteiger partial charge in [0.2, 0.25) is 0 Å². The summed E-state index contributed by atoms with van der Waals surface area (Å²) >= 11 is 5.44. The topological polar surface area (TPSA) is 38.0 Å². The van der Waals surface area contributed by atoms with Crippen LogP contribution in [0.5, 0.6) is 0 Å². The van der Waals surface area contributed by atoms with Crippen LogP contribution in [-0.4, -0.2) is 0 Å². The predicted octanol–water partition coefficient (Wildman–Crippen LogP) is 1.85. The molecule has 1 aromatic carbocycles. The highest BCUT2D eigenvalue weighted by atomic mass is 35.5. The lowest BCUT2D eigenvalue weighted by Gasteiger charge is -2.01. The molecule has 0 saturated heterocycles. The van der Waals surface area contributed by atoms with Crippen LogP contribution in [0.15, 0.2) is 18.2 Å². The largest absolute Gasteiger partial charge is 0.324 e. The Morgan fingerprint density at radius 1 is 1.55 bits per heavy atom. The van der Waals surface area contributed by atoms with E-state index in [2.05, 4.69) is 5.43 Å². The molecule has 0 fully saturated rings. The molecule has 0 heterocycles. The summed E-state index contributed by atoms with van der Waals surface area (Å²) in [6.45, 7) is 0. The lowest BCUT2D eigenvalue weighted by Crippen LogP contribution is -2.06. The second-order valence-corrected chi connectivity index (χ2v) is 2.35. The van der Waals surface area contributed by atoms with Crippen molar-refractivity contribution in [3.63, 3.8) is 0 Å². The van der Waals surface area contributed by atoms with Gasteiger partial charge in [-0.15, -0.1) is 11.6 Å². The van der Waals surface area contributed by atoms with Gasteiger partial charge in [0.15, 0.2) is 0 Å². The molecular formula is C7H8ClFN2. The van der Waals surface area contributed by atoms with Gasteiger partial charge in [0.1, 0.15) is 5.82 Å². The Labute approximate surface area is 69.1 Å². The maximum absolute atomic E-state index is 12.9. The van der Waals surface area contributed by atoms with Crippen molar-refractivity contribution in [2.24, 2.45) is 5.84 Å². The number of rotatable bonds is 2. The smallest absolute Gasteiger partial charge is 0.129 e. The fourth-order valence-corrected chi connectivity index (χ4v) is 0.962. The van der Waals surface area contributed by atoms with E-state index in [-0.39, 0.29) is 11.7 Å². The van der Waals surface area contributed by atoms with Crippen LogP contribution in [0.1, 0.15) is 5.56 Å². The molecule has 0 radical (unpaired) electrons. The number of alkyl halides is 1. The first kappa shape index (κ1) is 8.30. The first-order valence-electron chi connectivity index (χ1n) is 3.09. The van der Waals surface area contributed by atoms with Crippen LogP contribution in [0.25, 0.3) is 0 Å². The summed E-state index contributed by atoms with van der Waals surface area (Å²) in [4.78, 5) is 0. The molecule has 0 aliphatic heterocycles. The second kappa shape index (κ2) is 3.55. The number of nitrogens with two attached hydrogens (primary N) is 1. The van der Waals surface area contributed by atoms with E-state index in [0.29, 0.717) is 11.3 Å². The molecule has 0 amide bonds. The summed E-state index contributed by atoms with van der Waals surface area (Å²) in [6.07, 6.45) is 0. The average Bonchev–Trinajstić information content (AvgIpc) is 2.04. The Kier molecular flexibility index (Phi) is 2.68. The molecule has 60 valence electrons. The van der Waals surface area contributed by atoms with E-state index in [0.717, 1.165) is 0 Å². The third kappa shape index (κ3) is 1.82. The van der Waals surface area contributed by atoms with Crippen molar-refractivity contribution < 1.29 is 4.39 Å². The van der Waals surface area contributed by atoms with Gasteiger partial charge in [-0.3, -0.25) is 5.84 Å². The van der Waals surface area contributed by atoms with E-state index in [1.807, 2.05) is 0 Å². The lowest BCUT2D eigenvalue weighted by molar-refractivity contribution is 0.617. The molecule has 3 N–H and O–H groups in total. The quantitative estimate of drug-likeness (QED) is 0.408. The third-order valence-electron chi connectivity index (χ3n) is 1.36. The van der Waals surface area contributed by atoms with Crippen LogP contribution < -0.4 is 11.3 Å². The summed E-state index contributed by atoms with van der Waals surface area (Å²) < 4.78 is 12.9. The Morgan fingerprint density at radius 3 is 2.73 bits per heavy atom. The number of hydrogen-bond donors (Lipinski definition) is 2. The minimum Gasteiger partial charge on any atom is -0.324 e. The molecule has 11 heavy (non-hydrogen) atoms. The van der Waals surface area contributed by atoms with Crippen molar-refractivity contribution in [3.8, 4) is 0 Å². The highest BCUT2D eigenvalue weighted by Gasteiger charge is 2.00. The number of hydrogen-bond acceptors (Lipinski definition) is 2. The zero-order valence-corrected chi connectivity index (χ0v) is 6.53. The van der Waals surface area contributed by atoms with Gasteiger partial charge in [-0.1, -0.05) is 6.07 Å². The standard InChI is InChI=1S/C7H8ClFN2/c8-4-5-1-2-6(11-10)3-7(5)9/h1-3,11H,4,10H2. The molecule has 0 saturated carbocycles. The summed E-state index contributed by atoms with van der Waals surface area (Å²) in [5.74, 6) is 4.90. The summed E-state index contributed by atoms with van der Waals surface area (Å²) in [7, 11) is 0. The number of nitrogens with one attached hydrogen (secondary N) is 1. The molecule has 0 unspecified atom stereocenters. The molecular weight excluding hydrogens is 167 g/mol. The van der Waals surface area contributed by atoms with Gasteiger partial charge < -0.3 is 5.43 Å². The van der Waals surface area contributed by atoms with E-state index in [1.54, 1.807) is 12.1 Å². The van der Waals surface area contributed by atoms with Gasteiger partial charge in [0.25, 0.3) is 0 Å². The normalized spacial score (nSPS) is 9.73. The zero-order valence-electron chi connectivity index (χ0n) is 5.77. The van der Waals surface area contributed by atoms with Crippen LogP contribution in [0, 0.1) is 5.82 Å². The summed E-state index contributed by atoms with van der Waals surface area (Å²) in [6, 6.07) is 4.57. The van der Waals surface area contributed by atoms with Crippen LogP contribution in [0.2, 0.25) is 0 Å². The Morgan fingerprint density at radius 2 is 2.27 bits per heavy atom. The van der Waals surface area contributed by atoms with Crippen molar-refractivity contribution >= 4 is 17.3 Å². The van der Waals surface area contributed by atoms with Gasteiger partial charge in [-0.2, -0.15) is 0 Å². The fraction of sp³-hybridized carbons (Fsp3) is 0.143. The maximum Gasteiger partial charge on any atom is 0.129 e. The average molecular weight is 175 g/mol. The molecule has 1 rings (SSSR count). The van der Waals surface area contributed by atoms with Gasteiger partial charge in [0, 0.05) is 5.56 Å². The number of nitrogen functional groups attached to an aromatic ring is 1. The van der Waals surface area contributed by atoms with Crippen LogP contribution >= 0.6 is 11.6 Å². The van der Waals surface area contributed by atoms with Gasteiger partial charge in [0.05, 0.1) is 11.6 Å². The monoisotopic (exact) mass is 174 g/mol. The zero-order chi connectivity index (χ0) is 8.27. The van der Waals surface area contributed by atoms with Crippen molar-refractivity contribution in [3.05, 3.63) is 29.6 Å². The Hall–Kier alpha value is -0.800. The lowest BCUT2D eigenvalue weighted by atomic mass is 10.2. The first-order valence-corrected chi connectivity index (χ1v) is 3.62. The number of benzene rings is 1. The fourth-order valence-electron chi connectivity index (χ4n) is 0.745. The van der Waals surface area contributed by atoms with Crippen LogP contribution in [0.4, 0.5) is 10.1 Å². The highest BCUT2D eigenvalue weighted by Crippen LogP contribution is 2.14. The van der Waals surface area contributed by atoms with Crippen LogP contribution in [-0.2, 0) is 5.88 Å². The van der Waals surface area contributed by atoms with E-state index in [9.17, 15) is 4.39 Å². The maximum atomic E-state index is 12.9. The van der Waals surface area contributed by atoms with Gasteiger partial charge in [-0.25, -0.2) is 4.39 Å². The van der Waals surface area contributed by atoms with E-state index in [4.69, 9.17) is 17.4 Å². The molecule has 2 nitrogen and oxygen atoms in total. The number of anilines is 1. The minimum absolute atomic E-state index is 0.177. The van der Waals surface area contributed by atoms with E-state index in [1.165, 1.54) is 6.07 Å². The first-order chi connectivity index (χ1) is 5.27. The van der Waals surface area contributed by atoms with Gasteiger partial charge >= 0.3 is 0 Å². The van der Waals surface area contributed by atoms with E-state index < -0.39 is 0 Å². The molecule has 0 spiro atoms. The van der Waals surface area contributed by atoms with Gasteiger partial charge in [-0.05, 0) is 12.1 Å². The van der Waals surface area contributed by atoms with Crippen molar-refractivity contribution in [2.45, 2.75) is 5.88 Å². The second-order valence-electron chi connectivity index (χ2n) is 2.08. The molecule has 1 aromatic rings. The molecule has 0 atom stereocenters. The predicted molar refractivity (Wildman–Crippen MR) is 43.8 cm³/mol.